The number of fused-ring (bicyclic) bond motifs is 1. The lowest BCUT2D eigenvalue weighted by Gasteiger charge is -2.38. The topological polar surface area (TPSA) is 41.6 Å². The van der Waals surface area contributed by atoms with Crippen molar-refractivity contribution in [2.45, 2.75) is 32.4 Å². The fourth-order valence-electron chi connectivity index (χ4n) is 3.41. The van der Waals surface area contributed by atoms with Crippen molar-refractivity contribution in [1.82, 2.24) is 10.2 Å². The summed E-state index contributed by atoms with van der Waals surface area (Å²) in [5, 5.41) is 5.21. The lowest BCUT2D eigenvalue weighted by Crippen LogP contribution is -2.44. The number of nitrogens with zero attached hydrogens (tertiary/aromatic N) is 1. The Bertz CT molecular complexity index is 696. The lowest BCUT2D eigenvalue weighted by molar-refractivity contribution is 0.0930. The summed E-state index contributed by atoms with van der Waals surface area (Å²) in [6, 6.07) is 10.4. The zero-order valence-corrected chi connectivity index (χ0v) is 15.2. The van der Waals surface area contributed by atoms with Crippen LogP contribution in [0.15, 0.2) is 35.7 Å². The molecule has 2 aromatic rings. The molecule has 3 rings (SSSR count). The van der Waals surface area contributed by atoms with Gasteiger partial charge in [0.2, 0.25) is 0 Å². The fourth-order valence-corrected chi connectivity index (χ4v) is 4.42. The van der Waals surface area contributed by atoms with Gasteiger partial charge in [-0.25, -0.2) is 0 Å². The molecule has 0 bridgehead atoms. The predicted molar refractivity (Wildman–Crippen MR) is 97.9 cm³/mol. The molecule has 1 amide bonds. The van der Waals surface area contributed by atoms with Crippen LogP contribution in [0.1, 0.15) is 40.7 Å². The molecule has 0 saturated heterocycles. The molecule has 2 heterocycles. The Morgan fingerprint density at radius 3 is 2.75 bits per heavy atom. The van der Waals surface area contributed by atoms with Crippen LogP contribution in [0.3, 0.4) is 0 Å². The highest BCUT2D eigenvalue weighted by molar-refractivity contribution is 7.10. The minimum absolute atomic E-state index is 0.0354. The van der Waals surface area contributed by atoms with Crippen molar-refractivity contribution in [3.63, 3.8) is 0 Å². The van der Waals surface area contributed by atoms with Gasteiger partial charge in [-0.3, -0.25) is 9.69 Å². The highest BCUT2D eigenvalue weighted by Crippen LogP contribution is 2.35. The second-order valence-corrected chi connectivity index (χ2v) is 7.21. The van der Waals surface area contributed by atoms with E-state index in [1.165, 1.54) is 10.4 Å². The molecule has 1 N–H and O–H groups in total. The molecule has 0 aliphatic carbocycles. The molecule has 0 radical (unpaired) electrons. The van der Waals surface area contributed by atoms with Crippen LogP contribution >= 0.6 is 11.3 Å². The Labute approximate surface area is 147 Å². The van der Waals surface area contributed by atoms with Gasteiger partial charge >= 0.3 is 0 Å². The second-order valence-electron chi connectivity index (χ2n) is 6.26. The van der Waals surface area contributed by atoms with Crippen LogP contribution in [0.2, 0.25) is 0 Å². The third kappa shape index (κ3) is 3.47. The molecular formula is C19H24N2O2S. The van der Waals surface area contributed by atoms with Crippen LogP contribution < -0.4 is 10.1 Å². The van der Waals surface area contributed by atoms with E-state index in [0.29, 0.717) is 24.2 Å². The first kappa shape index (κ1) is 17.0. The second kappa shape index (κ2) is 7.36. The average molecular weight is 344 g/mol. The van der Waals surface area contributed by atoms with Crippen LogP contribution in [0.5, 0.6) is 5.75 Å². The number of thiophene rings is 1. The van der Waals surface area contributed by atoms with Gasteiger partial charge in [-0.1, -0.05) is 0 Å². The molecule has 0 fully saturated rings. The Hall–Kier alpha value is -1.85. The SMILES string of the molecule is COc1ccc(C(=O)NCCN2[C@H](C)Cc3ccsc3[C@@H]2C)cc1. The molecular weight excluding hydrogens is 320 g/mol. The third-order valence-electron chi connectivity index (χ3n) is 4.75. The molecule has 4 nitrogen and oxygen atoms in total. The van der Waals surface area contributed by atoms with Crippen molar-refractivity contribution in [1.29, 1.82) is 0 Å². The maximum Gasteiger partial charge on any atom is 0.251 e. The molecule has 0 unspecified atom stereocenters. The standard InChI is InChI=1S/C19H24N2O2S/c1-13-12-16-8-11-24-18(16)14(2)21(13)10-9-20-19(22)15-4-6-17(23-3)7-5-15/h4-8,11,13-14H,9-10,12H2,1-3H3,(H,20,22)/t13-,14+/m1/s1. The summed E-state index contributed by atoms with van der Waals surface area (Å²) in [6.07, 6.45) is 1.09. The molecule has 1 aliphatic rings. The Balaban J connectivity index is 1.55. The lowest BCUT2D eigenvalue weighted by atomic mass is 9.97. The number of ether oxygens (including phenoxy) is 1. The van der Waals surface area contributed by atoms with Gasteiger partial charge in [-0.2, -0.15) is 0 Å². The Kier molecular flexibility index (Phi) is 5.21. The van der Waals surface area contributed by atoms with Crippen molar-refractivity contribution < 1.29 is 9.53 Å². The van der Waals surface area contributed by atoms with E-state index in [4.69, 9.17) is 4.74 Å². The zero-order valence-electron chi connectivity index (χ0n) is 14.4. The summed E-state index contributed by atoms with van der Waals surface area (Å²) in [5.74, 6) is 0.723. The van der Waals surface area contributed by atoms with Gasteiger partial charge in [0.1, 0.15) is 5.75 Å². The van der Waals surface area contributed by atoms with Gasteiger partial charge in [0.15, 0.2) is 0 Å². The predicted octanol–water partition coefficient (Wildman–Crippen LogP) is 3.49. The van der Waals surface area contributed by atoms with E-state index in [1.807, 2.05) is 23.5 Å². The summed E-state index contributed by atoms with van der Waals surface area (Å²) in [6.45, 7) is 6.04. The summed E-state index contributed by atoms with van der Waals surface area (Å²) in [7, 11) is 1.62. The minimum Gasteiger partial charge on any atom is -0.497 e. The average Bonchev–Trinajstić information content (AvgIpc) is 3.06. The molecule has 0 saturated carbocycles. The number of amides is 1. The summed E-state index contributed by atoms with van der Waals surface area (Å²) < 4.78 is 5.12. The van der Waals surface area contributed by atoms with Gasteiger partial charge in [0.05, 0.1) is 7.11 Å². The first-order chi connectivity index (χ1) is 11.6. The molecule has 0 spiro atoms. The van der Waals surface area contributed by atoms with Crippen LogP contribution in [0.4, 0.5) is 0 Å². The van der Waals surface area contributed by atoms with Crippen LogP contribution in [0.25, 0.3) is 0 Å². The van der Waals surface area contributed by atoms with E-state index in [0.717, 1.165) is 18.7 Å². The largest absolute Gasteiger partial charge is 0.497 e. The van der Waals surface area contributed by atoms with Crippen molar-refractivity contribution in [2.24, 2.45) is 0 Å². The summed E-state index contributed by atoms with van der Waals surface area (Å²) >= 11 is 1.84. The molecule has 1 aromatic heterocycles. The number of hydrogen-bond acceptors (Lipinski definition) is 4. The van der Waals surface area contributed by atoms with Gasteiger partial charge in [-0.05, 0) is 61.5 Å². The fraction of sp³-hybridized carbons (Fsp3) is 0.421. The van der Waals surface area contributed by atoms with Crippen LogP contribution in [-0.2, 0) is 6.42 Å². The maximum absolute atomic E-state index is 12.2. The first-order valence-corrected chi connectivity index (χ1v) is 9.22. The Morgan fingerprint density at radius 1 is 1.29 bits per heavy atom. The van der Waals surface area contributed by atoms with E-state index in [1.54, 1.807) is 19.2 Å². The van der Waals surface area contributed by atoms with E-state index in [9.17, 15) is 4.79 Å². The highest BCUT2D eigenvalue weighted by Gasteiger charge is 2.29. The molecule has 1 aliphatic heterocycles. The van der Waals surface area contributed by atoms with Gasteiger partial charge in [0.25, 0.3) is 5.91 Å². The molecule has 1 aromatic carbocycles. The molecule has 128 valence electrons. The molecule has 2 atom stereocenters. The van der Waals surface area contributed by atoms with Crippen LogP contribution in [0, 0.1) is 0 Å². The number of nitrogens with one attached hydrogen (secondary N) is 1. The number of rotatable bonds is 5. The maximum atomic E-state index is 12.2. The van der Waals surface area contributed by atoms with Crippen molar-refractivity contribution >= 4 is 17.2 Å². The Morgan fingerprint density at radius 2 is 2.04 bits per heavy atom. The molecule has 24 heavy (non-hydrogen) atoms. The zero-order chi connectivity index (χ0) is 17.1. The van der Waals surface area contributed by atoms with Crippen molar-refractivity contribution in [3.8, 4) is 5.75 Å². The molecule has 5 heteroatoms. The van der Waals surface area contributed by atoms with Gasteiger partial charge < -0.3 is 10.1 Å². The van der Waals surface area contributed by atoms with Gasteiger partial charge in [0, 0.05) is 35.6 Å². The minimum atomic E-state index is -0.0354. The summed E-state index contributed by atoms with van der Waals surface area (Å²) in [5.41, 5.74) is 2.15. The normalized spacial score (nSPS) is 20.5. The monoisotopic (exact) mass is 344 g/mol. The number of carbonyl (C=O) groups excluding carboxylic acids is 1. The number of benzene rings is 1. The van der Waals surface area contributed by atoms with E-state index in [-0.39, 0.29) is 5.91 Å². The van der Waals surface area contributed by atoms with E-state index < -0.39 is 0 Å². The quantitative estimate of drug-likeness (QED) is 0.903. The summed E-state index contributed by atoms with van der Waals surface area (Å²) in [4.78, 5) is 16.2. The van der Waals surface area contributed by atoms with Crippen molar-refractivity contribution in [3.05, 3.63) is 51.7 Å². The number of methoxy groups -OCH3 is 1. The smallest absolute Gasteiger partial charge is 0.251 e. The van der Waals surface area contributed by atoms with E-state index >= 15 is 0 Å². The van der Waals surface area contributed by atoms with Crippen molar-refractivity contribution in [2.75, 3.05) is 20.2 Å². The van der Waals surface area contributed by atoms with Gasteiger partial charge in [-0.15, -0.1) is 11.3 Å². The third-order valence-corrected chi connectivity index (χ3v) is 5.88. The number of hydrogen-bond donors (Lipinski definition) is 1. The van der Waals surface area contributed by atoms with Crippen LogP contribution in [-0.4, -0.2) is 37.0 Å². The first-order valence-electron chi connectivity index (χ1n) is 8.34. The van der Waals surface area contributed by atoms with E-state index in [2.05, 4.69) is 35.5 Å². The number of carbonyl (C=O) groups is 1. The highest BCUT2D eigenvalue weighted by atomic mass is 32.1.